The highest BCUT2D eigenvalue weighted by molar-refractivity contribution is 6.04. The van der Waals surface area contributed by atoms with Crippen molar-refractivity contribution in [3.8, 4) is 0 Å². The Kier molecular flexibility index (Phi) is 2.78. The van der Waals surface area contributed by atoms with Gasteiger partial charge >= 0.3 is 0 Å². The monoisotopic (exact) mass is 265 g/mol. The molecule has 0 aliphatic heterocycles. The molecule has 1 aliphatic carbocycles. The van der Waals surface area contributed by atoms with Crippen LogP contribution in [-0.2, 0) is 0 Å². The van der Waals surface area contributed by atoms with Crippen LogP contribution in [0.5, 0.6) is 0 Å². The third-order valence-corrected chi connectivity index (χ3v) is 4.25. The number of benzene rings is 2. The Labute approximate surface area is 118 Å². The van der Waals surface area contributed by atoms with Crippen molar-refractivity contribution in [3.05, 3.63) is 48.2 Å². The van der Waals surface area contributed by atoms with Crippen molar-refractivity contribution in [2.24, 2.45) is 5.92 Å². The Morgan fingerprint density at radius 3 is 2.75 bits per heavy atom. The summed E-state index contributed by atoms with van der Waals surface area (Å²) in [6.07, 6.45) is 2.63. The quantitative estimate of drug-likeness (QED) is 0.743. The zero-order valence-corrected chi connectivity index (χ0v) is 11.7. The van der Waals surface area contributed by atoms with E-state index in [-0.39, 0.29) is 0 Å². The van der Waals surface area contributed by atoms with Crippen LogP contribution in [0.2, 0.25) is 0 Å². The van der Waals surface area contributed by atoms with Crippen LogP contribution in [0.25, 0.3) is 21.7 Å². The van der Waals surface area contributed by atoms with E-state index in [1.807, 2.05) is 0 Å². The lowest BCUT2D eigenvalue weighted by Gasteiger charge is -2.13. The minimum Gasteiger partial charge on any atom is -0.459 e. The summed E-state index contributed by atoms with van der Waals surface area (Å²) in [4.78, 5) is 0. The molecule has 3 aromatic rings. The van der Waals surface area contributed by atoms with Crippen molar-refractivity contribution < 1.29 is 4.42 Å². The number of nitrogens with one attached hydrogen (secondary N) is 1. The van der Waals surface area contributed by atoms with Gasteiger partial charge < -0.3 is 9.73 Å². The molecule has 0 bridgehead atoms. The molecule has 102 valence electrons. The molecule has 0 radical (unpaired) electrons. The predicted octanol–water partition coefficient (Wildman–Crippen LogP) is 4.65. The second-order valence-electron chi connectivity index (χ2n) is 5.73. The van der Waals surface area contributed by atoms with Crippen LogP contribution >= 0.6 is 0 Å². The van der Waals surface area contributed by atoms with Crippen molar-refractivity contribution >= 4 is 21.7 Å². The predicted molar refractivity (Wildman–Crippen MR) is 82.9 cm³/mol. The van der Waals surface area contributed by atoms with E-state index >= 15 is 0 Å². The molecule has 4 rings (SSSR count). The first-order chi connectivity index (χ1) is 9.86. The van der Waals surface area contributed by atoms with Gasteiger partial charge in [0.2, 0.25) is 0 Å². The van der Waals surface area contributed by atoms with Crippen LogP contribution in [0, 0.1) is 5.92 Å². The zero-order chi connectivity index (χ0) is 13.5. The van der Waals surface area contributed by atoms with Gasteiger partial charge in [-0.25, -0.2) is 0 Å². The third-order valence-electron chi connectivity index (χ3n) is 4.25. The van der Waals surface area contributed by atoms with Crippen molar-refractivity contribution in [3.63, 3.8) is 0 Å². The molecule has 2 heteroatoms. The van der Waals surface area contributed by atoms with Gasteiger partial charge in [-0.1, -0.05) is 43.3 Å². The zero-order valence-electron chi connectivity index (χ0n) is 11.7. The number of fused-ring (bicyclic) bond motifs is 3. The summed E-state index contributed by atoms with van der Waals surface area (Å²) in [6, 6.07) is 15.4. The van der Waals surface area contributed by atoms with Gasteiger partial charge in [-0.15, -0.1) is 0 Å². The van der Waals surface area contributed by atoms with E-state index in [0.717, 1.165) is 23.8 Å². The van der Waals surface area contributed by atoms with E-state index in [1.54, 1.807) is 0 Å². The summed E-state index contributed by atoms with van der Waals surface area (Å²) < 4.78 is 6.23. The van der Waals surface area contributed by atoms with Crippen LogP contribution < -0.4 is 5.32 Å². The van der Waals surface area contributed by atoms with Gasteiger partial charge in [0.1, 0.15) is 11.3 Å². The van der Waals surface area contributed by atoms with Gasteiger partial charge in [-0.2, -0.15) is 0 Å². The summed E-state index contributed by atoms with van der Waals surface area (Å²) in [6.45, 7) is 3.15. The van der Waals surface area contributed by atoms with E-state index in [1.165, 1.54) is 29.0 Å². The molecule has 0 amide bonds. The highest BCUT2D eigenvalue weighted by Crippen LogP contribution is 2.42. The lowest BCUT2D eigenvalue weighted by Crippen LogP contribution is -2.21. The summed E-state index contributed by atoms with van der Waals surface area (Å²) in [5.74, 6) is 1.85. The Bertz CT molecular complexity index is 754. The fourth-order valence-electron chi connectivity index (χ4n) is 3.09. The van der Waals surface area contributed by atoms with E-state index < -0.39 is 0 Å². The molecule has 1 aromatic heterocycles. The fraction of sp³-hybridized carbons (Fsp3) is 0.333. The van der Waals surface area contributed by atoms with Crippen molar-refractivity contribution in [2.45, 2.75) is 25.8 Å². The summed E-state index contributed by atoms with van der Waals surface area (Å²) in [7, 11) is 0. The molecule has 1 heterocycles. The number of hydrogen-bond acceptors (Lipinski definition) is 2. The molecule has 1 atom stereocenters. The Morgan fingerprint density at radius 1 is 1.15 bits per heavy atom. The van der Waals surface area contributed by atoms with Gasteiger partial charge in [-0.3, -0.25) is 0 Å². The highest BCUT2D eigenvalue weighted by atomic mass is 16.3. The molecule has 20 heavy (non-hydrogen) atoms. The smallest absolute Gasteiger partial charge is 0.142 e. The van der Waals surface area contributed by atoms with E-state index in [0.29, 0.717) is 6.04 Å². The molecule has 1 fully saturated rings. The minimum atomic E-state index is 0.381. The van der Waals surface area contributed by atoms with Crippen molar-refractivity contribution in [1.82, 2.24) is 5.32 Å². The normalized spacial score (nSPS) is 16.9. The maximum absolute atomic E-state index is 6.23. The third kappa shape index (κ3) is 1.92. The van der Waals surface area contributed by atoms with Crippen LogP contribution in [0.4, 0.5) is 0 Å². The minimum absolute atomic E-state index is 0.381. The standard InChI is InChI=1S/C18H19NO/c1-2-19-17(13-8-9-13)16-11-14-10-7-12-5-3-4-6-15(12)18(14)20-16/h3-7,10-11,13,17,19H,2,8-9H2,1H3. The van der Waals surface area contributed by atoms with Crippen molar-refractivity contribution in [2.75, 3.05) is 6.54 Å². The largest absolute Gasteiger partial charge is 0.459 e. The fourth-order valence-corrected chi connectivity index (χ4v) is 3.09. The van der Waals surface area contributed by atoms with Crippen LogP contribution in [0.1, 0.15) is 31.6 Å². The maximum atomic E-state index is 6.23. The highest BCUT2D eigenvalue weighted by Gasteiger charge is 2.33. The lowest BCUT2D eigenvalue weighted by atomic mass is 10.1. The van der Waals surface area contributed by atoms with Crippen LogP contribution in [0.15, 0.2) is 46.9 Å². The van der Waals surface area contributed by atoms with Crippen LogP contribution in [0.3, 0.4) is 0 Å². The molecule has 0 saturated heterocycles. The van der Waals surface area contributed by atoms with Crippen LogP contribution in [-0.4, -0.2) is 6.54 Å². The molecule has 2 nitrogen and oxygen atoms in total. The van der Waals surface area contributed by atoms with Gasteiger partial charge in [0.05, 0.1) is 6.04 Å². The first-order valence-corrected chi connectivity index (χ1v) is 7.51. The number of hydrogen-bond donors (Lipinski definition) is 1. The summed E-state index contributed by atoms with van der Waals surface area (Å²) in [5, 5.41) is 7.24. The molecule has 1 aliphatic rings. The molecule has 2 aromatic carbocycles. The second kappa shape index (κ2) is 4.64. The van der Waals surface area contributed by atoms with Gasteiger partial charge in [0, 0.05) is 10.8 Å². The molecule has 1 unspecified atom stereocenters. The molecular weight excluding hydrogens is 246 g/mol. The maximum Gasteiger partial charge on any atom is 0.142 e. The molecular formula is C18H19NO. The van der Waals surface area contributed by atoms with Gasteiger partial charge in [-0.05, 0) is 36.8 Å². The summed E-state index contributed by atoms with van der Waals surface area (Å²) >= 11 is 0. The molecule has 0 spiro atoms. The topological polar surface area (TPSA) is 25.2 Å². The summed E-state index contributed by atoms with van der Waals surface area (Å²) in [5.41, 5.74) is 1.03. The molecule has 1 N–H and O–H groups in total. The van der Waals surface area contributed by atoms with E-state index in [4.69, 9.17) is 4.42 Å². The van der Waals surface area contributed by atoms with E-state index in [9.17, 15) is 0 Å². The Balaban J connectivity index is 1.87. The average Bonchev–Trinajstić information content (AvgIpc) is 3.22. The number of furan rings is 1. The molecule has 1 saturated carbocycles. The van der Waals surface area contributed by atoms with Gasteiger partial charge in [0.15, 0.2) is 0 Å². The first-order valence-electron chi connectivity index (χ1n) is 7.51. The lowest BCUT2D eigenvalue weighted by molar-refractivity contribution is 0.404. The average molecular weight is 265 g/mol. The number of rotatable bonds is 4. The van der Waals surface area contributed by atoms with E-state index in [2.05, 4.69) is 54.7 Å². The van der Waals surface area contributed by atoms with Gasteiger partial charge in [0.25, 0.3) is 0 Å². The Morgan fingerprint density at radius 2 is 1.95 bits per heavy atom. The first kappa shape index (κ1) is 12.0. The Hall–Kier alpha value is -1.80. The van der Waals surface area contributed by atoms with Crippen molar-refractivity contribution in [1.29, 1.82) is 0 Å². The SMILES string of the molecule is CCNC(c1cc2ccc3ccccc3c2o1)C1CC1. The second-order valence-corrected chi connectivity index (χ2v) is 5.73.